The predicted molar refractivity (Wildman–Crippen MR) is 348 cm³/mol. The molecule has 0 bridgehead atoms. The summed E-state index contributed by atoms with van der Waals surface area (Å²) in [4.78, 5) is 25.5. The van der Waals surface area contributed by atoms with Crippen LogP contribution >= 0.6 is 7.82 Å². The van der Waals surface area contributed by atoms with Gasteiger partial charge in [-0.2, -0.15) is 0 Å². The van der Waals surface area contributed by atoms with E-state index in [1.807, 2.05) is 27.2 Å². The molecular weight excluding hydrogens is 1010 g/mol. The van der Waals surface area contributed by atoms with Crippen molar-refractivity contribution in [2.75, 3.05) is 40.9 Å². The number of amides is 1. The van der Waals surface area contributed by atoms with Gasteiger partial charge in [0.1, 0.15) is 13.2 Å². The zero-order chi connectivity index (χ0) is 58.4. The van der Waals surface area contributed by atoms with Crippen LogP contribution in [-0.4, -0.2) is 68.5 Å². The van der Waals surface area contributed by atoms with Crippen molar-refractivity contribution in [1.29, 1.82) is 0 Å². The van der Waals surface area contributed by atoms with Gasteiger partial charge in [0.15, 0.2) is 0 Å². The van der Waals surface area contributed by atoms with Crippen molar-refractivity contribution in [2.45, 2.75) is 296 Å². The third-order valence-corrected chi connectivity index (χ3v) is 15.4. The van der Waals surface area contributed by atoms with Crippen LogP contribution in [0.25, 0.3) is 0 Å². The van der Waals surface area contributed by atoms with Crippen LogP contribution in [-0.2, 0) is 18.4 Å². The zero-order valence-corrected chi connectivity index (χ0v) is 53.6. The molecule has 0 aromatic rings. The van der Waals surface area contributed by atoms with Gasteiger partial charge in [-0.05, 0) is 96.3 Å². The Morgan fingerprint density at radius 1 is 0.450 bits per heavy atom. The largest absolute Gasteiger partial charge is 0.756 e. The van der Waals surface area contributed by atoms with E-state index >= 15 is 0 Å². The van der Waals surface area contributed by atoms with Gasteiger partial charge in [-0.25, -0.2) is 0 Å². The maximum Gasteiger partial charge on any atom is 0.268 e. The van der Waals surface area contributed by atoms with E-state index in [-0.39, 0.29) is 12.5 Å². The van der Waals surface area contributed by atoms with Crippen LogP contribution in [0.5, 0.6) is 0 Å². The number of hydrogen-bond acceptors (Lipinski definition) is 6. The number of allylic oxidation sites excluding steroid dienone is 17. The predicted octanol–water partition coefficient (Wildman–Crippen LogP) is 20.5. The molecule has 3 unspecified atom stereocenters. The number of hydrogen-bond donors (Lipinski definition) is 2. The smallest absolute Gasteiger partial charge is 0.268 e. The van der Waals surface area contributed by atoms with Crippen molar-refractivity contribution >= 4 is 13.7 Å². The highest BCUT2D eigenvalue weighted by atomic mass is 31.2. The van der Waals surface area contributed by atoms with Crippen molar-refractivity contribution in [3.63, 3.8) is 0 Å². The molecule has 0 saturated carbocycles. The van der Waals surface area contributed by atoms with E-state index in [0.29, 0.717) is 17.4 Å². The molecule has 0 rings (SSSR count). The molecule has 0 saturated heterocycles. The SMILES string of the molecule is CC/C=C\C/C=C\C/C=C\C/C=C\C/C=C\C/C=C\CCCCCCCCCCCCCCCCCCCCCCCCC(=O)NC(COP(=O)([O-])OCC[N+](C)(C)C)C(O)/C=C/CC/C=C/CC/C=C/CCCCCCCCC. The normalized spacial score (nSPS) is 14.4. The molecule has 9 heteroatoms. The van der Waals surface area contributed by atoms with E-state index < -0.39 is 26.6 Å². The van der Waals surface area contributed by atoms with Crippen LogP contribution in [0, 0.1) is 0 Å². The minimum absolute atomic E-state index is 0.0111. The number of likely N-dealkylation sites (N-methyl/N-ethyl adjacent to an activating group) is 1. The van der Waals surface area contributed by atoms with Gasteiger partial charge in [-0.1, -0.05) is 290 Å². The number of nitrogens with zero attached hydrogens (tertiary/aromatic N) is 1. The molecule has 0 heterocycles. The third-order valence-electron chi connectivity index (χ3n) is 14.4. The molecule has 0 fully saturated rings. The van der Waals surface area contributed by atoms with Gasteiger partial charge in [0, 0.05) is 6.42 Å². The fourth-order valence-corrected chi connectivity index (χ4v) is 10.0. The van der Waals surface area contributed by atoms with Crippen LogP contribution in [0.1, 0.15) is 284 Å². The summed E-state index contributed by atoms with van der Waals surface area (Å²) in [6.07, 6.45) is 89.2. The maximum atomic E-state index is 13.0. The van der Waals surface area contributed by atoms with Crippen LogP contribution in [0.3, 0.4) is 0 Å². The highest BCUT2D eigenvalue weighted by Crippen LogP contribution is 2.38. The molecule has 3 atom stereocenters. The molecule has 0 aliphatic rings. The number of quaternary nitrogens is 1. The van der Waals surface area contributed by atoms with E-state index in [4.69, 9.17) is 9.05 Å². The highest BCUT2D eigenvalue weighted by molar-refractivity contribution is 7.45. The first-order valence-corrected chi connectivity index (χ1v) is 34.7. The Kier molecular flexibility index (Phi) is 58.6. The van der Waals surface area contributed by atoms with Crippen molar-refractivity contribution in [3.8, 4) is 0 Å². The standard InChI is InChI=1S/C71H127N2O6P/c1-6-8-10-12-14-16-18-20-22-24-25-26-27-28-29-30-31-32-33-34-35-36-37-38-39-40-41-42-43-44-45-46-47-49-51-53-55-57-59-61-63-65-71(75)72-69(68-79-80(76,77)78-67-66-73(3,4)5)70(74)64-62-60-58-56-54-52-50-48-23-21-19-17-15-13-11-9-7-2/h8,10,14,16,20,22-23,25-26,28-29,31-32,48,54,56,62,64,69-70,74H,6-7,9,11-13,15,17-19,21,24,27,30,33-47,49-53,55,57-61,63,65-68H2,1-5H3,(H-,72,75,76,77)/b10-8-,16-14-,22-20-,26-25-,29-28-,32-31-,48-23+,56-54+,64-62+. The van der Waals surface area contributed by atoms with E-state index in [2.05, 4.69) is 116 Å². The number of unbranched alkanes of at least 4 members (excludes halogenated alkanes) is 31. The molecule has 0 aliphatic heterocycles. The van der Waals surface area contributed by atoms with Crippen LogP contribution in [0.4, 0.5) is 0 Å². The van der Waals surface area contributed by atoms with E-state index in [1.165, 1.54) is 180 Å². The molecular formula is C71H127N2O6P. The average molecular weight is 1140 g/mol. The molecule has 80 heavy (non-hydrogen) atoms. The second-order valence-electron chi connectivity index (χ2n) is 23.4. The van der Waals surface area contributed by atoms with Crippen LogP contribution in [0.2, 0.25) is 0 Å². The van der Waals surface area contributed by atoms with Crippen LogP contribution in [0.15, 0.2) is 109 Å². The second kappa shape index (κ2) is 60.7. The first-order chi connectivity index (χ1) is 39.0. The monoisotopic (exact) mass is 1130 g/mol. The Morgan fingerprint density at radius 2 is 0.775 bits per heavy atom. The number of phosphoric ester groups is 1. The zero-order valence-electron chi connectivity index (χ0n) is 52.7. The summed E-state index contributed by atoms with van der Waals surface area (Å²) in [6.45, 7) is 4.51. The maximum absolute atomic E-state index is 13.0. The molecule has 0 aromatic heterocycles. The van der Waals surface area contributed by atoms with Crippen molar-refractivity contribution in [3.05, 3.63) is 109 Å². The fraction of sp³-hybridized carbons (Fsp3) is 0.732. The quantitative estimate of drug-likeness (QED) is 0.0272. The number of carbonyl (C=O) groups excluding carboxylic acids is 1. The topological polar surface area (TPSA) is 108 Å². The molecule has 0 aromatic carbocycles. The summed E-state index contributed by atoms with van der Waals surface area (Å²) in [6, 6.07) is -0.913. The van der Waals surface area contributed by atoms with Crippen molar-refractivity contribution in [2.24, 2.45) is 0 Å². The average Bonchev–Trinajstić information content (AvgIpc) is 3.42. The third kappa shape index (κ3) is 62.8. The number of phosphoric acid groups is 1. The van der Waals surface area contributed by atoms with Gasteiger partial charge in [-0.3, -0.25) is 9.36 Å². The summed E-state index contributed by atoms with van der Waals surface area (Å²) in [7, 11) is 1.23. The molecule has 462 valence electrons. The van der Waals surface area contributed by atoms with Crippen LogP contribution < -0.4 is 10.2 Å². The van der Waals surface area contributed by atoms with E-state index in [9.17, 15) is 19.4 Å². The van der Waals surface area contributed by atoms with Gasteiger partial charge in [0.25, 0.3) is 7.82 Å². The van der Waals surface area contributed by atoms with E-state index in [0.717, 1.165) is 83.5 Å². The summed E-state index contributed by atoms with van der Waals surface area (Å²) < 4.78 is 23.4. The number of aliphatic hydroxyl groups is 1. The summed E-state index contributed by atoms with van der Waals surface area (Å²) in [5, 5.41) is 13.9. The number of nitrogens with one attached hydrogen (secondary N) is 1. The second-order valence-corrected chi connectivity index (χ2v) is 24.8. The molecule has 0 radical (unpaired) electrons. The van der Waals surface area contributed by atoms with Crippen molar-refractivity contribution < 1.29 is 32.9 Å². The summed E-state index contributed by atoms with van der Waals surface area (Å²) in [5.74, 6) is -0.210. The fourth-order valence-electron chi connectivity index (χ4n) is 9.31. The Labute approximate surface area is 495 Å². The van der Waals surface area contributed by atoms with E-state index in [1.54, 1.807) is 6.08 Å². The van der Waals surface area contributed by atoms with Gasteiger partial charge in [0.05, 0.1) is 39.9 Å². The first kappa shape index (κ1) is 77.2. The lowest BCUT2D eigenvalue weighted by atomic mass is 10.0. The molecule has 0 spiro atoms. The Bertz CT molecular complexity index is 1670. The molecule has 2 N–H and O–H groups in total. The number of aliphatic hydroxyl groups excluding tert-OH is 1. The first-order valence-electron chi connectivity index (χ1n) is 33.2. The number of rotatable bonds is 60. The minimum Gasteiger partial charge on any atom is -0.756 e. The lowest BCUT2D eigenvalue weighted by Crippen LogP contribution is -2.45. The molecule has 0 aliphatic carbocycles. The minimum atomic E-state index is -4.61. The van der Waals surface area contributed by atoms with Gasteiger partial charge in [0.2, 0.25) is 5.91 Å². The van der Waals surface area contributed by atoms with Gasteiger partial charge < -0.3 is 28.8 Å². The highest BCUT2D eigenvalue weighted by Gasteiger charge is 2.23. The Hall–Kier alpha value is -2.84. The van der Waals surface area contributed by atoms with Crippen molar-refractivity contribution in [1.82, 2.24) is 5.32 Å². The number of carbonyl (C=O) groups is 1. The molecule has 8 nitrogen and oxygen atoms in total. The lowest BCUT2D eigenvalue weighted by molar-refractivity contribution is -0.870. The lowest BCUT2D eigenvalue weighted by Gasteiger charge is -2.29. The summed E-state index contributed by atoms with van der Waals surface area (Å²) >= 11 is 0. The Balaban J connectivity index is 3.98. The van der Waals surface area contributed by atoms with Gasteiger partial charge in [-0.15, -0.1) is 0 Å². The van der Waals surface area contributed by atoms with Gasteiger partial charge >= 0.3 is 0 Å². The molecule has 1 amide bonds. The Morgan fingerprint density at radius 3 is 1.16 bits per heavy atom. The summed E-state index contributed by atoms with van der Waals surface area (Å²) in [5.41, 5.74) is 0.